The topological polar surface area (TPSA) is 229 Å². The second kappa shape index (κ2) is 55.7. The van der Waals surface area contributed by atoms with Crippen molar-refractivity contribution in [3.63, 3.8) is 0 Å². The molecule has 0 bridgehead atoms. The molecule has 0 aromatic heterocycles. The number of methoxy groups -OCH3 is 1. The largest absolute Gasteiger partial charge is 0.466 e. The first-order valence-electron chi connectivity index (χ1n) is 31.3. The molecule has 0 aliphatic carbocycles. The smallest absolute Gasteiger partial charge is 0.438 e. The molecule has 3 amide bonds. The van der Waals surface area contributed by atoms with Crippen LogP contribution < -0.4 is 16.0 Å². The minimum Gasteiger partial charge on any atom is -0.466 e. The third kappa shape index (κ3) is 46.2. The molecule has 0 saturated carbocycles. The highest BCUT2D eigenvalue weighted by molar-refractivity contribution is 5.90. The molecule has 0 aromatic carbocycles. The number of esters is 4. The van der Waals surface area contributed by atoms with Crippen LogP contribution in [0, 0.1) is 11.8 Å². The van der Waals surface area contributed by atoms with Gasteiger partial charge in [0.25, 0.3) is 0 Å². The fraction of sp³-hybridized carbons (Fsp3) is 0.885. The third-order valence-electron chi connectivity index (χ3n) is 14.1. The first-order valence-corrected chi connectivity index (χ1v) is 31.3. The maximum Gasteiger partial charge on any atom is 0.438 e. The van der Waals surface area contributed by atoms with E-state index in [0.29, 0.717) is 51.7 Å². The number of hydrogen-bond donors (Lipinski definition) is 3. The zero-order valence-electron chi connectivity index (χ0n) is 50.5. The third-order valence-corrected chi connectivity index (χ3v) is 14.1. The summed E-state index contributed by atoms with van der Waals surface area (Å²) >= 11 is 0. The van der Waals surface area contributed by atoms with Gasteiger partial charge in [-0.2, -0.15) is 4.89 Å². The highest BCUT2D eigenvalue weighted by Crippen LogP contribution is 2.23. The van der Waals surface area contributed by atoms with Crippen molar-refractivity contribution in [3.05, 3.63) is 0 Å². The van der Waals surface area contributed by atoms with Gasteiger partial charge >= 0.3 is 36.1 Å². The van der Waals surface area contributed by atoms with Gasteiger partial charge in [-0.1, -0.05) is 156 Å². The molecule has 0 aromatic rings. The van der Waals surface area contributed by atoms with Crippen LogP contribution in [0.5, 0.6) is 0 Å². The van der Waals surface area contributed by atoms with Gasteiger partial charge in [-0.25, -0.2) is 14.4 Å². The van der Waals surface area contributed by atoms with Crippen molar-refractivity contribution in [2.24, 2.45) is 11.8 Å². The van der Waals surface area contributed by atoms with Crippen molar-refractivity contribution in [3.8, 4) is 0 Å². The number of unbranched alkanes of at least 4 members (excludes halogenated alkanes) is 23. The lowest BCUT2D eigenvalue weighted by atomic mass is 9.94. The molecule has 0 spiro atoms. The molecule has 0 radical (unpaired) electrons. The van der Waals surface area contributed by atoms with E-state index in [4.69, 9.17) is 28.4 Å². The Balaban J connectivity index is 5.41. The van der Waals surface area contributed by atoms with E-state index in [1.54, 1.807) is 0 Å². The molecular weight excluding hydrogens is 1010 g/mol. The quantitative estimate of drug-likeness (QED) is 0.0169. The summed E-state index contributed by atoms with van der Waals surface area (Å²) in [5, 5.41) is 7.75. The van der Waals surface area contributed by atoms with Crippen molar-refractivity contribution in [1.29, 1.82) is 0 Å². The molecule has 79 heavy (non-hydrogen) atoms. The number of carbonyl (C=O) groups excluding carboxylic acids is 7. The first kappa shape index (κ1) is 74.8. The monoisotopic (exact) mass is 1130 g/mol. The van der Waals surface area contributed by atoms with Crippen molar-refractivity contribution in [2.45, 2.75) is 277 Å². The minimum atomic E-state index is -1.24. The molecule has 0 fully saturated rings. The number of carbonyl (C=O) groups is 7. The SMILES string of the molecule is CCCCCCCCC(CCCCCC)C(=O)OCCCCCCOC(=O)CCC(NC(=O)C(CCCCNC(=O)OOC)NC(=O)OCCOC)C(=O)OCCCCCCOC(=O)C(CCCCCC)CCCCCCCC. The molecule has 18 nitrogen and oxygen atoms in total. The Morgan fingerprint density at radius 2 is 0.759 bits per heavy atom. The maximum absolute atomic E-state index is 13.8. The summed E-state index contributed by atoms with van der Waals surface area (Å²) in [7, 11) is 2.66. The Morgan fingerprint density at radius 1 is 0.354 bits per heavy atom. The van der Waals surface area contributed by atoms with Crippen molar-refractivity contribution in [1.82, 2.24) is 16.0 Å². The molecular formula is C61H113N3O15. The van der Waals surface area contributed by atoms with Gasteiger partial charge in [0, 0.05) is 20.1 Å². The molecule has 3 N–H and O–H groups in total. The summed E-state index contributed by atoms with van der Waals surface area (Å²) in [6.07, 6.45) is 31.3. The number of amides is 3. The summed E-state index contributed by atoms with van der Waals surface area (Å²) < 4.78 is 32.7. The minimum absolute atomic E-state index is 0.0390. The molecule has 0 aliphatic heterocycles. The zero-order valence-corrected chi connectivity index (χ0v) is 50.5. The second-order valence-corrected chi connectivity index (χ2v) is 21.1. The summed E-state index contributed by atoms with van der Waals surface area (Å²) in [5.74, 6) is -2.25. The van der Waals surface area contributed by atoms with Gasteiger partial charge in [-0.05, 0) is 103 Å². The van der Waals surface area contributed by atoms with E-state index in [1.165, 1.54) is 78.4 Å². The van der Waals surface area contributed by atoms with Crippen molar-refractivity contribution in [2.75, 3.05) is 60.4 Å². The Morgan fingerprint density at radius 3 is 1.22 bits per heavy atom. The van der Waals surface area contributed by atoms with Crippen molar-refractivity contribution < 1.29 is 71.8 Å². The second-order valence-electron chi connectivity index (χ2n) is 21.1. The molecule has 0 rings (SSSR count). The van der Waals surface area contributed by atoms with Crippen LogP contribution in [-0.4, -0.2) is 114 Å². The Hall–Kier alpha value is -4.19. The van der Waals surface area contributed by atoms with E-state index in [1.807, 2.05) is 0 Å². The Kier molecular flexibility index (Phi) is 52.8. The Labute approximate surface area is 477 Å². The average Bonchev–Trinajstić information content (AvgIpc) is 3.43. The van der Waals surface area contributed by atoms with Gasteiger partial charge in [-0.15, -0.1) is 0 Å². The molecule has 462 valence electrons. The number of alkyl carbamates (subject to hydrolysis) is 1. The van der Waals surface area contributed by atoms with Crippen LogP contribution in [0.1, 0.15) is 265 Å². The molecule has 0 heterocycles. The van der Waals surface area contributed by atoms with E-state index in [-0.39, 0.29) is 76.0 Å². The van der Waals surface area contributed by atoms with E-state index in [0.717, 1.165) is 116 Å². The van der Waals surface area contributed by atoms with Gasteiger partial charge in [0.1, 0.15) is 18.7 Å². The van der Waals surface area contributed by atoms with Gasteiger partial charge in [0.2, 0.25) is 5.91 Å². The Bertz CT molecular complexity index is 1520. The van der Waals surface area contributed by atoms with Crippen LogP contribution in [0.2, 0.25) is 0 Å². The normalized spacial score (nSPS) is 12.6. The maximum atomic E-state index is 13.8. The van der Waals surface area contributed by atoms with Crippen LogP contribution in [-0.2, 0) is 62.2 Å². The predicted octanol–water partition coefficient (Wildman–Crippen LogP) is 13.4. The number of hydrogen-bond acceptors (Lipinski definition) is 15. The van der Waals surface area contributed by atoms with Crippen LogP contribution in [0.4, 0.5) is 9.59 Å². The van der Waals surface area contributed by atoms with E-state index < -0.39 is 42.1 Å². The summed E-state index contributed by atoms with van der Waals surface area (Å²) in [6, 6.07) is -2.38. The molecule has 4 atom stereocenters. The molecule has 0 saturated heterocycles. The van der Waals surface area contributed by atoms with Crippen LogP contribution >= 0.6 is 0 Å². The molecule has 18 heteroatoms. The fourth-order valence-electron chi connectivity index (χ4n) is 9.19. The average molecular weight is 1130 g/mol. The highest BCUT2D eigenvalue weighted by atomic mass is 17.2. The standard InChI is InChI=1S/C61H113N3O15/c1-7-11-15-19-21-29-39-51(37-27-17-13-9-3)57(67)75-46-34-24-23-33-45-74-55(65)43-42-54(63-56(66)53(64-61(71)78-50-49-72-5)41-31-32-44-62-60(70)79-73-6)59(69)77-48-36-26-25-35-47-76-58(68)52(38-28-18-14-10-4)40-30-22-20-16-12-8-2/h51-54H,7-50H2,1-6H3,(H,62,70)(H,63,66)(H,64,71). The number of nitrogens with one attached hydrogen (secondary N) is 3. The van der Waals surface area contributed by atoms with Gasteiger partial charge < -0.3 is 44.4 Å². The summed E-state index contributed by atoms with van der Waals surface area (Å²) in [6.45, 7) is 10.0. The van der Waals surface area contributed by atoms with Crippen LogP contribution in [0.3, 0.4) is 0 Å². The fourth-order valence-corrected chi connectivity index (χ4v) is 9.19. The van der Waals surface area contributed by atoms with E-state index in [9.17, 15) is 33.6 Å². The van der Waals surface area contributed by atoms with Gasteiger partial charge in [0.15, 0.2) is 0 Å². The first-order chi connectivity index (χ1) is 38.5. The summed E-state index contributed by atoms with van der Waals surface area (Å²) in [5.41, 5.74) is 0. The highest BCUT2D eigenvalue weighted by Gasteiger charge is 2.29. The lowest BCUT2D eigenvalue weighted by Crippen LogP contribution is -2.52. The number of rotatable bonds is 56. The van der Waals surface area contributed by atoms with Crippen LogP contribution in [0.25, 0.3) is 0 Å². The lowest BCUT2D eigenvalue weighted by Gasteiger charge is -2.22. The summed E-state index contributed by atoms with van der Waals surface area (Å²) in [4.78, 5) is 99.6. The van der Waals surface area contributed by atoms with E-state index >= 15 is 0 Å². The molecule has 4 unspecified atom stereocenters. The molecule has 0 aliphatic rings. The van der Waals surface area contributed by atoms with Gasteiger partial charge in [-0.3, -0.25) is 24.1 Å². The lowest BCUT2D eigenvalue weighted by molar-refractivity contribution is -0.212. The number of ether oxygens (including phenoxy) is 6. The van der Waals surface area contributed by atoms with E-state index in [2.05, 4.69) is 53.4 Å². The van der Waals surface area contributed by atoms with Crippen LogP contribution in [0.15, 0.2) is 0 Å². The van der Waals surface area contributed by atoms with Crippen molar-refractivity contribution >= 4 is 42.0 Å². The predicted molar refractivity (Wildman–Crippen MR) is 308 cm³/mol. The van der Waals surface area contributed by atoms with Gasteiger partial charge in [0.05, 0.1) is 52.0 Å². The zero-order chi connectivity index (χ0) is 58.2.